The molecule has 13 heavy (non-hydrogen) atoms. The first-order chi connectivity index (χ1) is 6.09. The molecule has 0 fully saturated rings. The smallest absolute Gasteiger partial charge is 0.178 e. The van der Waals surface area contributed by atoms with E-state index in [1.165, 1.54) is 6.92 Å². The number of nitrogens with two attached hydrogens (primary N) is 1. The van der Waals surface area contributed by atoms with Crippen LogP contribution in [0.3, 0.4) is 0 Å². The Hall–Kier alpha value is -1.22. The summed E-state index contributed by atoms with van der Waals surface area (Å²) in [6.07, 6.45) is 0.709. The van der Waals surface area contributed by atoms with Gasteiger partial charge in [-0.15, -0.1) is 0 Å². The molecular formula is C10H14N2O. The fourth-order valence-electron chi connectivity index (χ4n) is 1.12. The fraction of sp³-hybridized carbons (Fsp3) is 0.400. The molecule has 1 atom stereocenters. The van der Waals surface area contributed by atoms with Gasteiger partial charge in [-0.3, -0.25) is 4.79 Å². The average molecular weight is 178 g/mol. The van der Waals surface area contributed by atoms with Crippen molar-refractivity contribution in [1.29, 1.82) is 0 Å². The molecule has 1 unspecified atom stereocenters. The highest BCUT2D eigenvalue weighted by molar-refractivity contribution is 5.92. The van der Waals surface area contributed by atoms with Crippen LogP contribution >= 0.6 is 0 Å². The second-order valence-electron chi connectivity index (χ2n) is 3.25. The third-order valence-electron chi connectivity index (χ3n) is 1.70. The molecule has 0 amide bonds. The summed E-state index contributed by atoms with van der Waals surface area (Å²) >= 11 is 0. The molecule has 3 heteroatoms. The van der Waals surface area contributed by atoms with Crippen LogP contribution < -0.4 is 5.73 Å². The normalized spacial score (nSPS) is 12.5. The minimum absolute atomic E-state index is 0.00785. The minimum atomic E-state index is -0.00785. The van der Waals surface area contributed by atoms with Gasteiger partial charge in [-0.2, -0.15) is 0 Å². The number of pyridine rings is 1. The van der Waals surface area contributed by atoms with Crippen molar-refractivity contribution in [1.82, 2.24) is 4.98 Å². The molecule has 0 aliphatic carbocycles. The Balaban J connectivity index is 2.85. The van der Waals surface area contributed by atoms with Crippen molar-refractivity contribution in [2.45, 2.75) is 26.3 Å². The molecule has 1 aromatic rings. The van der Waals surface area contributed by atoms with E-state index >= 15 is 0 Å². The first-order valence-electron chi connectivity index (χ1n) is 4.32. The van der Waals surface area contributed by atoms with Crippen molar-refractivity contribution < 1.29 is 4.79 Å². The van der Waals surface area contributed by atoms with Gasteiger partial charge in [-0.1, -0.05) is 6.07 Å². The van der Waals surface area contributed by atoms with Gasteiger partial charge in [0.15, 0.2) is 5.78 Å². The van der Waals surface area contributed by atoms with E-state index in [0.717, 1.165) is 5.69 Å². The van der Waals surface area contributed by atoms with Gasteiger partial charge in [0.05, 0.1) is 0 Å². The largest absolute Gasteiger partial charge is 0.328 e. The van der Waals surface area contributed by atoms with Gasteiger partial charge in [0.25, 0.3) is 0 Å². The van der Waals surface area contributed by atoms with Crippen LogP contribution in [-0.4, -0.2) is 16.8 Å². The Bertz CT molecular complexity index is 308. The molecular weight excluding hydrogens is 164 g/mol. The SMILES string of the molecule is CC(=O)c1cccc(CC(C)N)n1. The van der Waals surface area contributed by atoms with Crippen LogP contribution in [0.2, 0.25) is 0 Å². The van der Waals surface area contributed by atoms with Gasteiger partial charge in [-0.25, -0.2) is 4.98 Å². The number of hydrogen-bond donors (Lipinski definition) is 1. The highest BCUT2D eigenvalue weighted by Crippen LogP contribution is 2.02. The quantitative estimate of drug-likeness (QED) is 0.707. The summed E-state index contributed by atoms with van der Waals surface area (Å²) in [6.45, 7) is 3.43. The second kappa shape index (κ2) is 4.14. The van der Waals surface area contributed by atoms with E-state index in [1.807, 2.05) is 19.1 Å². The maximum absolute atomic E-state index is 11.0. The monoisotopic (exact) mass is 178 g/mol. The zero-order valence-corrected chi connectivity index (χ0v) is 7.95. The summed E-state index contributed by atoms with van der Waals surface area (Å²) in [5.74, 6) is -0.00785. The van der Waals surface area contributed by atoms with E-state index in [1.54, 1.807) is 6.07 Å². The molecule has 1 heterocycles. The topological polar surface area (TPSA) is 56.0 Å². The molecule has 0 saturated carbocycles. The Morgan fingerprint density at radius 1 is 1.62 bits per heavy atom. The lowest BCUT2D eigenvalue weighted by atomic mass is 10.1. The van der Waals surface area contributed by atoms with Gasteiger partial charge in [0, 0.05) is 25.1 Å². The summed E-state index contributed by atoms with van der Waals surface area (Å²) in [7, 11) is 0. The van der Waals surface area contributed by atoms with Gasteiger partial charge in [0.1, 0.15) is 5.69 Å². The molecule has 0 radical (unpaired) electrons. The maximum atomic E-state index is 11.0. The number of aromatic nitrogens is 1. The number of nitrogens with zero attached hydrogens (tertiary/aromatic N) is 1. The molecule has 1 aromatic heterocycles. The van der Waals surface area contributed by atoms with Gasteiger partial charge < -0.3 is 5.73 Å². The summed E-state index contributed by atoms with van der Waals surface area (Å²) in [4.78, 5) is 15.2. The number of ketones is 1. The number of carbonyl (C=O) groups excluding carboxylic acids is 1. The van der Waals surface area contributed by atoms with E-state index in [2.05, 4.69) is 4.98 Å². The lowest BCUT2D eigenvalue weighted by molar-refractivity contribution is 0.101. The number of rotatable bonds is 3. The number of carbonyl (C=O) groups is 1. The number of Topliss-reactive ketones (excluding diaryl/α,β-unsaturated/α-hetero) is 1. The average Bonchev–Trinajstić information content (AvgIpc) is 2.03. The van der Waals surface area contributed by atoms with E-state index in [-0.39, 0.29) is 11.8 Å². The number of hydrogen-bond acceptors (Lipinski definition) is 3. The Kier molecular flexibility index (Phi) is 3.14. The molecule has 2 N–H and O–H groups in total. The Labute approximate surface area is 78.0 Å². The molecule has 0 bridgehead atoms. The van der Waals surface area contributed by atoms with Crippen LogP contribution in [-0.2, 0) is 6.42 Å². The molecule has 0 aliphatic rings. The summed E-state index contributed by atoms with van der Waals surface area (Å²) < 4.78 is 0. The minimum Gasteiger partial charge on any atom is -0.328 e. The Morgan fingerprint density at radius 2 is 2.31 bits per heavy atom. The van der Waals surface area contributed by atoms with Crippen molar-refractivity contribution in [2.24, 2.45) is 5.73 Å². The summed E-state index contributed by atoms with van der Waals surface area (Å²) in [6, 6.07) is 5.51. The third-order valence-corrected chi connectivity index (χ3v) is 1.70. The first kappa shape index (κ1) is 9.86. The van der Waals surface area contributed by atoms with Crippen LogP contribution in [0.15, 0.2) is 18.2 Å². The van der Waals surface area contributed by atoms with Crippen LogP contribution in [0.5, 0.6) is 0 Å². The van der Waals surface area contributed by atoms with E-state index in [9.17, 15) is 4.79 Å². The highest BCUT2D eigenvalue weighted by atomic mass is 16.1. The third kappa shape index (κ3) is 2.95. The standard InChI is InChI=1S/C10H14N2O/c1-7(11)6-9-4-3-5-10(12-9)8(2)13/h3-5,7H,6,11H2,1-2H3. The molecule has 3 nitrogen and oxygen atoms in total. The van der Waals surface area contributed by atoms with Crippen molar-refractivity contribution in [3.05, 3.63) is 29.6 Å². The van der Waals surface area contributed by atoms with Gasteiger partial charge in [0.2, 0.25) is 0 Å². The maximum Gasteiger partial charge on any atom is 0.178 e. The zero-order chi connectivity index (χ0) is 9.84. The van der Waals surface area contributed by atoms with Crippen molar-refractivity contribution in [3.63, 3.8) is 0 Å². The second-order valence-corrected chi connectivity index (χ2v) is 3.25. The lowest BCUT2D eigenvalue weighted by Gasteiger charge is -2.04. The predicted octanol–water partition coefficient (Wildman–Crippen LogP) is 1.17. The molecule has 0 aliphatic heterocycles. The Morgan fingerprint density at radius 3 is 2.85 bits per heavy atom. The van der Waals surface area contributed by atoms with E-state index in [0.29, 0.717) is 12.1 Å². The molecule has 0 saturated heterocycles. The predicted molar refractivity (Wildman–Crippen MR) is 51.6 cm³/mol. The van der Waals surface area contributed by atoms with E-state index in [4.69, 9.17) is 5.73 Å². The van der Waals surface area contributed by atoms with E-state index < -0.39 is 0 Å². The highest BCUT2D eigenvalue weighted by Gasteiger charge is 2.03. The van der Waals surface area contributed by atoms with Crippen LogP contribution in [0.1, 0.15) is 30.0 Å². The van der Waals surface area contributed by atoms with Gasteiger partial charge >= 0.3 is 0 Å². The van der Waals surface area contributed by atoms with Gasteiger partial charge in [-0.05, 0) is 19.1 Å². The van der Waals surface area contributed by atoms with Crippen LogP contribution in [0.4, 0.5) is 0 Å². The molecule has 70 valence electrons. The molecule has 1 rings (SSSR count). The van der Waals surface area contributed by atoms with Crippen molar-refractivity contribution in [3.8, 4) is 0 Å². The molecule has 0 spiro atoms. The van der Waals surface area contributed by atoms with Crippen LogP contribution in [0, 0.1) is 0 Å². The van der Waals surface area contributed by atoms with Crippen molar-refractivity contribution in [2.75, 3.05) is 0 Å². The zero-order valence-electron chi connectivity index (χ0n) is 7.95. The van der Waals surface area contributed by atoms with Crippen LogP contribution in [0.25, 0.3) is 0 Å². The summed E-state index contributed by atoms with van der Waals surface area (Å²) in [5, 5.41) is 0. The fourth-order valence-corrected chi connectivity index (χ4v) is 1.12. The lowest BCUT2D eigenvalue weighted by Crippen LogP contribution is -2.18. The molecule has 0 aromatic carbocycles. The first-order valence-corrected chi connectivity index (χ1v) is 4.32. The summed E-state index contributed by atoms with van der Waals surface area (Å²) in [5.41, 5.74) is 7.02. The van der Waals surface area contributed by atoms with Crippen molar-refractivity contribution >= 4 is 5.78 Å².